The van der Waals surface area contributed by atoms with Crippen LogP contribution in [0.5, 0.6) is 0 Å². The highest BCUT2D eigenvalue weighted by Gasteiger charge is 2.32. The second-order valence-corrected chi connectivity index (χ2v) is 6.32. The van der Waals surface area contributed by atoms with E-state index in [2.05, 4.69) is 55.5 Å². The van der Waals surface area contributed by atoms with E-state index < -0.39 is 0 Å². The van der Waals surface area contributed by atoms with Gasteiger partial charge in [0.2, 0.25) is 0 Å². The van der Waals surface area contributed by atoms with E-state index in [1.165, 1.54) is 16.3 Å². The zero-order valence-electron chi connectivity index (χ0n) is 13.4. The lowest BCUT2D eigenvalue weighted by molar-refractivity contribution is 0.0715. The van der Waals surface area contributed by atoms with Gasteiger partial charge >= 0.3 is 0 Å². The quantitative estimate of drug-likeness (QED) is 0.661. The number of nitrogens with zero attached hydrogens (tertiary/aromatic N) is 1. The second-order valence-electron chi connectivity index (χ2n) is 6.32. The van der Waals surface area contributed by atoms with E-state index >= 15 is 0 Å². The highest BCUT2D eigenvalue weighted by atomic mass is 16.2. The molecule has 1 aliphatic rings. The van der Waals surface area contributed by atoms with Crippen molar-refractivity contribution in [2.45, 2.75) is 26.4 Å². The molecule has 0 aromatic heterocycles. The molecule has 3 aromatic rings. The first kappa shape index (κ1) is 14.0. The summed E-state index contributed by atoms with van der Waals surface area (Å²) in [6.45, 7) is 4.83. The molecule has 0 fully saturated rings. The first-order chi connectivity index (χ1) is 11.1. The van der Waals surface area contributed by atoms with Crippen LogP contribution in [-0.4, -0.2) is 10.8 Å². The fraction of sp³-hybridized carbons (Fsp3) is 0.190. The molecular formula is C21H19NO. The van der Waals surface area contributed by atoms with Crippen molar-refractivity contribution in [3.63, 3.8) is 0 Å². The summed E-state index contributed by atoms with van der Waals surface area (Å²) in [6.07, 6.45) is 0. The minimum Gasteiger partial charge on any atom is -0.328 e. The smallest absolute Gasteiger partial charge is 0.255 e. The van der Waals surface area contributed by atoms with Crippen molar-refractivity contribution in [1.29, 1.82) is 0 Å². The van der Waals surface area contributed by atoms with Gasteiger partial charge in [0.1, 0.15) is 0 Å². The highest BCUT2D eigenvalue weighted by molar-refractivity contribution is 6.00. The molecule has 0 saturated carbocycles. The Hall–Kier alpha value is -2.61. The Labute approximate surface area is 136 Å². The summed E-state index contributed by atoms with van der Waals surface area (Å²) in [5.41, 5.74) is 4.28. The molecule has 1 aliphatic heterocycles. The number of rotatable bonds is 2. The van der Waals surface area contributed by atoms with Gasteiger partial charge in [-0.05, 0) is 47.4 Å². The number of amides is 1. The van der Waals surface area contributed by atoms with Gasteiger partial charge in [-0.3, -0.25) is 4.79 Å². The molecule has 114 valence electrons. The topological polar surface area (TPSA) is 20.3 Å². The zero-order valence-corrected chi connectivity index (χ0v) is 13.4. The van der Waals surface area contributed by atoms with Gasteiger partial charge in [-0.15, -0.1) is 0 Å². The largest absolute Gasteiger partial charge is 0.328 e. The zero-order chi connectivity index (χ0) is 16.0. The van der Waals surface area contributed by atoms with Crippen molar-refractivity contribution >= 4 is 16.7 Å². The predicted octanol–water partition coefficient (Wildman–Crippen LogP) is 4.87. The average Bonchev–Trinajstić information content (AvgIpc) is 2.92. The lowest BCUT2D eigenvalue weighted by atomic mass is 10.0. The molecule has 1 atom stereocenters. The number of carbonyl (C=O) groups excluding carboxylic acids is 1. The standard InChI is InChI=1S/C21H19NO/c1-14-6-5-9-19-13-22(21(23)20(14)19)15(2)17-11-10-16-7-3-4-8-18(16)12-17/h3-12,15H,13H2,1-2H3. The fourth-order valence-corrected chi connectivity index (χ4v) is 3.53. The summed E-state index contributed by atoms with van der Waals surface area (Å²) in [5, 5.41) is 2.45. The number of aryl methyl sites for hydroxylation is 1. The van der Waals surface area contributed by atoms with Crippen LogP contribution in [0.4, 0.5) is 0 Å². The first-order valence-electron chi connectivity index (χ1n) is 8.03. The molecule has 1 heterocycles. The molecule has 0 N–H and O–H groups in total. The van der Waals surface area contributed by atoms with Crippen molar-refractivity contribution in [3.05, 3.63) is 82.9 Å². The minimum atomic E-state index is 0.0684. The molecule has 2 nitrogen and oxygen atoms in total. The highest BCUT2D eigenvalue weighted by Crippen LogP contribution is 2.33. The van der Waals surface area contributed by atoms with Crippen molar-refractivity contribution in [3.8, 4) is 0 Å². The molecule has 1 amide bonds. The maximum atomic E-state index is 12.8. The number of fused-ring (bicyclic) bond motifs is 2. The van der Waals surface area contributed by atoms with E-state index in [-0.39, 0.29) is 11.9 Å². The summed E-state index contributed by atoms with van der Waals surface area (Å²) in [6, 6.07) is 21.0. The van der Waals surface area contributed by atoms with Gasteiger partial charge < -0.3 is 4.90 Å². The molecule has 0 saturated heterocycles. The summed E-state index contributed by atoms with van der Waals surface area (Å²) >= 11 is 0. The van der Waals surface area contributed by atoms with Crippen LogP contribution in [0.25, 0.3) is 10.8 Å². The van der Waals surface area contributed by atoms with E-state index in [0.29, 0.717) is 6.54 Å². The van der Waals surface area contributed by atoms with Gasteiger partial charge in [0.15, 0.2) is 0 Å². The third kappa shape index (κ3) is 2.22. The first-order valence-corrected chi connectivity index (χ1v) is 8.03. The number of hydrogen-bond acceptors (Lipinski definition) is 1. The molecule has 0 radical (unpaired) electrons. The molecule has 0 bridgehead atoms. The number of benzene rings is 3. The van der Waals surface area contributed by atoms with Crippen LogP contribution in [0.15, 0.2) is 60.7 Å². The summed E-state index contributed by atoms with van der Waals surface area (Å²) in [7, 11) is 0. The van der Waals surface area contributed by atoms with Gasteiger partial charge in [-0.25, -0.2) is 0 Å². The monoisotopic (exact) mass is 301 g/mol. The Kier molecular flexibility index (Phi) is 3.19. The lowest BCUT2D eigenvalue weighted by Gasteiger charge is -2.25. The van der Waals surface area contributed by atoms with Crippen LogP contribution < -0.4 is 0 Å². The molecule has 2 heteroatoms. The van der Waals surface area contributed by atoms with Crippen molar-refractivity contribution < 1.29 is 4.79 Å². The SMILES string of the molecule is Cc1cccc2c1C(=O)N(C(C)c1ccc3ccccc3c1)C2. The average molecular weight is 301 g/mol. The van der Waals surface area contributed by atoms with Crippen molar-refractivity contribution in [2.24, 2.45) is 0 Å². The Morgan fingerprint density at radius 2 is 1.74 bits per heavy atom. The third-order valence-corrected chi connectivity index (χ3v) is 4.90. The van der Waals surface area contributed by atoms with Crippen LogP contribution in [0.1, 0.15) is 40.0 Å². The van der Waals surface area contributed by atoms with Crippen molar-refractivity contribution in [1.82, 2.24) is 4.90 Å². The summed E-state index contributed by atoms with van der Waals surface area (Å²) in [4.78, 5) is 14.8. The van der Waals surface area contributed by atoms with Gasteiger partial charge in [0.05, 0.1) is 6.04 Å². The van der Waals surface area contributed by atoms with Crippen LogP contribution in [0, 0.1) is 6.92 Å². The molecule has 1 unspecified atom stereocenters. The molecule has 23 heavy (non-hydrogen) atoms. The summed E-state index contributed by atoms with van der Waals surface area (Å²) in [5.74, 6) is 0.152. The maximum Gasteiger partial charge on any atom is 0.255 e. The van der Waals surface area contributed by atoms with E-state index in [9.17, 15) is 4.79 Å². The Balaban J connectivity index is 1.70. The van der Waals surface area contributed by atoms with E-state index in [0.717, 1.165) is 16.7 Å². The lowest BCUT2D eigenvalue weighted by Crippen LogP contribution is -2.27. The molecule has 0 spiro atoms. The van der Waals surface area contributed by atoms with Gasteiger partial charge in [-0.1, -0.05) is 54.6 Å². The van der Waals surface area contributed by atoms with Crippen LogP contribution in [0.2, 0.25) is 0 Å². The minimum absolute atomic E-state index is 0.0684. The van der Waals surface area contributed by atoms with E-state index in [1.807, 2.05) is 24.0 Å². The van der Waals surface area contributed by atoms with Gasteiger partial charge in [0.25, 0.3) is 5.91 Å². The predicted molar refractivity (Wildman–Crippen MR) is 93.4 cm³/mol. The number of hydrogen-bond donors (Lipinski definition) is 0. The Morgan fingerprint density at radius 3 is 2.52 bits per heavy atom. The summed E-state index contributed by atoms with van der Waals surface area (Å²) < 4.78 is 0. The molecule has 4 rings (SSSR count). The van der Waals surface area contributed by atoms with Crippen LogP contribution >= 0.6 is 0 Å². The number of carbonyl (C=O) groups is 1. The molecule has 3 aromatic carbocycles. The molecular weight excluding hydrogens is 282 g/mol. The molecule has 0 aliphatic carbocycles. The van der Waals surface area contributed by atoms with Crippen LogP contribution in [-0.2, 0) is 6.54 Å². The van der Waals surface area contributed by atoms with Crippen LogP contribution in [0.3, 0.4) is 0 Å². The van der Waals surface area contributed by atoms with Gasteiger partial charge in [0, 0.05) is 12.1 Å². The van der Waals surface area contributed by atoms with E-state index in [1.54, 1.807) is 0 Å². The van der Waals surface area contributed by atoms with Crippen molar-refractivity contribution in [2.75, 3.05) is 0 Å². The Bertz CT molecular complexity index is 913. The third-order valence-electron chi connectivity index (χ3n) is 4.90. The second kappa shape index (κ2) is 5.24. The Morgan fingerprint density at radius 1 is 0.957 bits per heavy atom. The van der Waals surface area contributed by atoms with E-state index in [4.69, 9.17) is 0 Å². The fourth-order valence-electron chi connectivity index (χ4n) is 3.53. The maximum absolute atomic E-state index is 12.8. The normalized spacial score (nSPS) is 15.0. The van der Waals surface area contributed by atoms with Gasteiger partial charge in [-0.2, -0.15) is 0 Å².